The fourth-order valence-corrected chi connectivity index (χ4v) is 0.755. The molecule has 1 aliphatic rings. The molecule has 75 valence electrons. The Kier molecular flexibility index (Phi) is 4.59. The molecule has 1 aliphatic heterocycles. The van der Waals surface area contributed by atoms with Crippen molar-refractivity contribution in [1.29, 1.82) is 0 Å². The summed E-state index contributed by atoms with van der Waals surface area (Å²) in [5.41, 5.74) is -0.0719. The molecule has 0 bridgehead atoms. The normalized spacial score (nSPS) is 16.2. The Hall–Kier alpha value is -0.930. The van der Waals surface area contributed by atoms with Crippen LogP contribution in [-0.2, 0) is 0 Å². The van der Waals surface area contributed by atoms with Crippen molar-refractivity contribution in [1.82, 2.24) is 5.32 Å². The van der Waals surface area contributed by atoms with Crippen molar-refractivity contribution in [2.24, 2.45) is 0 Å². The minimum absolute atomic E-state index is 0.569. The van der Waals surface area contributed by atoms with Crippen LogP contribution in [0.3, 0.4) is 0 Å². The third-order valence-corrected chi connectivity index (χ3v) is 1.26. The van der Waals surface area contributed by atoms with Crippen molar-refractivity contribution in [3.05, 3.63) is 30.0 Å². The van der Waals surface area contributed by atoms with Gasteiger partial charge in [-0.25, -0.2) is 0 Å². The van der Waals surface area contributed by atoms with E-state index in [1.807, 2.05) is 13.8 Å². The molecule has 0 aromatic rings. The maximum Gasteiger partial charge on any atom is 0.414 e. The second-order valence-corrected chi connectivity index (χ2v) is 2.30. The lowest BCUT2D eigenvalue weighted by atomic mass is 10.1. The Morgan fingerprint density at radius 3 is 2.00 bits per heavy atom. The molecule has 1 heterocycles. The molecule has 0 saturated carbocycles. The van der Waals surface area contributed by atoms with Gasteiger partial charge in [0.15, 0.2) is 0 Å². The summed E-state index contributed by atoms with van der Waals surface area (Å²) in [4.78, 5) is 0. The van der Waals surface area contributed by atoms with Gasteiger partial charge in [0.25, 0.3) is 0 Å². The minimum atomic E-state index is -4.25. The Morgan fingerprint density at radius 1 is 1.15 bits per heavy atom. The summed E-state index contributed by atoms with van der Waals surface area (Å²) in [6.45, 7) is 5.60. The summed E-state index contributed by atoms with van der Waals surface area (Å²) in [6.07, 6.45) is -0.707. The maximum absolute atomic E-state index is 11.9. The highest BCUT2D eigenvalue weighted by Crippen LogP contribution is 2.30. The molecule has 4 heteroatoms. The Morgan fingerprint density at radius 2 is 1.69 bits per heavy atom. The molecule has 0 unspecified atom stereocenters. The van der Waals surface area contributed by atoms with E-state index in [4.69, 9.17) is 0 Å². The highest BCUT2D eigenvalue weighted by atomic mass is 19.4. The number of hydrogen-bond acceptors (Lipinski definition) is 1. The van der Waals surface area contributed by atoms with Crippen molar-refractivity contribution in [2.75, 3.05) is 0 Å². The molecular formula is C9H13F3N. The average molecular weight is 192 g/mol. The third kappa shape index (κ3) is 4.01. The largest absolute Gasteiger partial charge is 0.414 e. The summed E-state index contributed by atoms with van der Waals surface area (Å²) in [5, 5.41) is 2.42. The molecule has 0 aromatic heterocycles. The van der Waals surface area contributed by atoms with E-state index in [0.717, 1.165) is 12.6 Å². The lowest BCUT2D eigenvalue weighted by Gasteiger charge is -2.15. The van der Waals surface area contributed by atoms with Gasteiger partial charge in [-0.2, -0.15) is 13.2 Å². The minimum Gasteiger partial charge on any atom is -0.367 e. The van der Waals surface area contributed by atoms with E-state index in [-0.39, 0.29) is 0 Å². The van der Waals surface area contributed by atoms with Gasteiger partial charge in [-0.3, -0.25) is 0 Å². The van der Waals surface area contributed by atoms with Crippen LogP contribution in [-0.4, -0.2) is 6.18 Å². The molecule has 0 saturated heterocycles. The number of rotatable bonds is 0. The van der Waals surface area contributed by atoms with Crippen LogP contribution in [0, 0.1) is 6.42 Å². The van der Waals surface area contributed by atoms with Gasteiger partial charge in [0.1, 0.15) is 0 Å². The smallest absolute Gasteiger partial charge is 0.367 e. The van der Waals surface area contributed by atoms with Crippen LogP contribution in [0.5, 0.6) is 0 Å². The number of nitrogens with one attached hydrogen (secondary N) is 1. The molecule has 1 nitrogen and oxygen atoms in total. The highest BCUT2D eigenvalue weighted by Gasteiger charge is 2.34. The first-order chi connectivity index (χ1) is 6.00. The van der Waals surface area contributed by atoms with E-state index < -0.39 is 11.7 Å². The third-order valence-electron chi connectivity index (χ3n) is 1.26. The topological polar surface area (TPSA) is 12.0 Å². The maximum atomic E-state index is 11.9. The number of halogens is 3. The molecule has 1 rings (SSSR count). The number of alkyl halides is 3. The number of dihydropyridines is 1. The van der Waals surface area contributed by atoms with Gasteiger partial charge in [-0.05, 0) is 12.5 Å². The molecular weight excluding hydrogens is 179 g/mol. The van der Waals surface area contributed by atoms with Crippen LogP contribution in [0.1, 0.15) is 20.8 Å². The molecule has 0 aromatic carbocycles. The molecule has 0 fully saturated rings. The zero-order valence-electron chi connectivity index (χ0n) is 7.87. The molecule has 13 heavy (non-hydrogen) atoms. The van der Waals surface area contributed by atoms with Crippen molar-refractivity contribution in [2.45, 2.75) is 26.9 Å². The fourth-order valence-electron chi connectivity index (χ4n) is 0.755. The summed E-state index contributed by atoms with van der Waals surface area (Å²) in [6, 6.07) is 0. The number of allylic oxidation sites excluding steroid dienone is 2. The van der Waals surface area contributed by atoms with Crippen LogP contribution in [0.4, 0.5) is 13.2 Å². The van der Waals surface area contributed by atoms with E-state index >= 15 is 0 Å². The van der Waals surface area contributed by atoms with Crippen molar-refractivity contribution >= 4 is 0 Å². The summed E-state index contributed by atoms with van der Waals surface area (Å²) in [5.74, 6) is 0. The second kappa shape index (κ2) is 4.94. The zero-order valence-corrected chi connectivity index (χ0v) is 7.87. The van der Waals surface area contributed by atoms with Gasteiger partial charge in [0, 0.05) is 18.8 Å². The van der Waals surface area contributed by atoms with Gasteiger partial charge in [-0.15, -0.1) is 0 Å². The first kappa shape index (κ1) is 12.1. The Bertz CT molecular complexity index is 213. The van der Waals surface area contributed by atoms with E-state index in [9.17, 15) is 13.2 Å². The summed E-state index contributed by atoms with van der Waals surface area (Å²) < 4.78 is 35.8. The standard InChI is InChI=1S/C7H7F3N.C2H6/c1-5-2-6(4-11-3-5)7(8,9)10;1-2/h2-4,11H,1H3;1-2H3. The Labute approximate surface area is 76.3 Å². The van der Waals surface area contributed by atoms with Crippen LogP contribution < -0.4 is 5.32 Å². The number of hydrogen-bond donors (Lipinski definition) is 1. The van der Waals surface area contributed by atoms with Crippen molar-refractivity contribution in [3.8, 4) is 0 Å². The first-order valence-electron chi connectivity index (χ1n) is 4.05. The van der Waals surface area contributed by atoms with Crippen LogP contribution in [0.2, 0.25) is 0 Å². The highest BCUT2D eigenvalue weighted by molar-refractivity contribution is 5.34. The Balaban J connectivity index is 0.000000671. The lowest BCUT2D eigenvalue weighted by molar-refractivity contribution is -0.0900. The molecule has 1 radical (unpaired) electrons. The quantitative estimate of drug-likeness (QED) is 0.621. The van der Waals surface area contributed by atoms with E-state index in [1.165, 1.54) is 6.20 Å². The van der Waals surface area contributed by atoms with Crippen LogP contribution in [0.25, 0.3) is 0 Å². The molecule has 0 aliphatic carbocycles. The first-order valence-corrected chi connectivity index (χ1v) is 4.05. The van der Waals surface area contributed by atoms with Crippen LogP contribution in [0.15, 0.2) is 23.5 Å². The fraction of sp³-hybridized carbons (Fsp3) is 0.444. The van der Waals surface area contributed by atoms with Crippen LogP contribution >= 0.6 is 0 Å². The predicted molar refractivity (Wildman–Crippen MR) is 46.7 cm³/mol. The van der Waals surface area contributed by atoms with Gasteiger partial charge in [0.05, 0.1) is 5.57 Å². The second-order valence-electron chi connectivity index (χ2n) is 2.30. The van der Waals surface area contributed by atoms with E-state index in [1.54, 1.807) is 6.92 Å². The lowest BCUT2D eigenvalue weighted by Crippen LogP contribution is -2.18. The average Bonchev–Trinajstić information content (AvgIpc) is 2.06. The van der Waals surface area contributed by atoms with E-state index in [2.05, 4.69) is 5.32 Å². The summed E-state index contributed by atoms with van der Waals surface area (Å²) >= 11 is 0. The van der Waals surface area contributed by atoms with Crippen molar-refractivity contribution in [3.63, 3.8) is 0 Å². The monoisotopic (exact) mass is 192 g/mol. The molecule has 0 spiro atoms. The van der Waals surface area contributed by atoms with Crippen molar-refractivity contribution < 1.29 is 13.2 Å². The summed E-state index contributed by atoms with van der Waals surface area (Å²) in [7, 11) is 0. The van der Waals surface area contributed by atoms with Gasteiger partial charge in [-0.1, -0.05) is 13.8 Å². The molecule has 0 atom stereocenters. The zero-order chi connectivity index (χ0) is 10.5. The molecule has 0 amide bonds. The SMILES string of the molecule is CC.CC1=CNC=C(C(F)(F)F)[CH]1. The molecule has 1 N–H and O–H groups in total. The van der Waals surface area contributed by atoms with Gasteiger partial charge >= 0.3 is 6.18 Å². The van der Waals surface area contributed by atoms with E-state index in [0.29, 0.717) is 5.57 Å². The van der Waals surface area contributed by atoms with Gasteiger partial charge in [0.2, 0.25) is 0 Å². The van der Waals surface area contributed by atoms with Gasteiger partial charge < -0.3 is 5.32 Å². The predicted octanol–water partition coefficient (Wildman–Crippen LogP) is 3.17.